The van der Waals surface area contributed by atoms with Gasteiger partial charge in [-0.05, 0) is 19.4 Å². The second-order valence-electron chi connectivity index (χ2n) is 1.46. The Labute approximate surface area is 80.4 Å². The predicted molar refractivity (Wildman–Crippen MR) is 43.9 cm³/mol. The third-order valence-corrected chi connectivity index (χ3v) is 0.849. The summed E-state index contributed by atoms with van der Waals surface area (Å²) in [7, 11) is 0. The molecular formula is C9H13N. The highest BCUT2D eigenvalue weighted by atomic mass is 14.8. The van der Waals surface area contributed by atoms with E-state index >= 15 is 0 Å². The number of rotatable bonds is 2. The third-order valence-electron chi connectivity index (χ3n) is 0.849. The quantitative estimate of drug-likeness (QED) is 0.676. The standard InChI is InChI=1S/C9H13N/c1-8(10-2)9-6-4-3-5-7-9/h3-8,10H,1-2H3/i1D3,2D3,3D,4D,5D,6D,7D,8D/hD. The van der Waals surface area contributed by atoms with E-state index in [2.05, 4.69) is 0 Å². The lowest BCUT2D eigenvalue weighted by Gasteiger charge is -2.08. The van der Waals surface area contributed by atoms with E-state index in [9.17, 15) is 0 Å². The monoisotopic (exact) mass is 148 g/mol. The van der Waals surface area contributed by atoms with Crippen molar-refractivity contribution in [3.63, 3.8) is 0 Å². The number of nitrogens with one attached hydrogen (secondary N) is 1. The Balaban J connectivity index is 3.93. The Morgan fingerprint density at radius 2 is 2.50 bits per heavy atom. The molecule has 1 atom stereocenters. The van der Waals surface area contributed by atoms with Crippen molar-refractivity contribution in [3.05, 3.63) is 35.8 Å². The third kappa shape index (κ3) is 1.58. The largest absolute Gasteiger partial charge is 0.313 e. The minimum atomic E-state index is -3.48. The maximum atomic E-state index is 8.07. The zero-order chi connectivity index (χ0) is 18.5. The van der Waals surface area contributed by atoms with Gasteiger partial charge in [-0.1, -0.05) is 30.2 Å². The van der Waals surface area contributed by atoms with Crippen molar-refractivity contribution >= 4 is 0 Å². The molecule has 0 aliphatic carbocycles. The van der Waals surface area contributed by atoms with Crippen LogP contribution in [0, 0.1) is 0 Å². The topological polar surface area (TPSA) is 12.0 Å². The summed E-state index contributed by atoms with van der Waals surface area (Å²) in [4.78, 5) is 0. The molecule has 1 N–H and O–H groups in total. The molecule has 1 nitrogen and oxygen atoms in total. The molecule has 1 heteroatoms. The van der Waals surface area contributed by atoms with E-state index in [0.29, 0.717) is 0 Å². The molecule has 0 radical (unpaired) electrons. The zero-order valence-corrected chi connectivity index (χ0v) is 4.95. The van der Waals surface area contributed by atoms with E-state index in [-0.39, 0.29) is 0 Å². The van der Waals surface area contributed by atoms with Gasteiger partial charge in [-0.3, -0.25) is 0 Å². The Hall–Kier alpha value is -0.820. The second kappa shape index (κ2) is 3.37. The van der Waals surface area contributed by atoms with Crippen LogP contribution >= 0.6 is 0 Å². The molecule has 0 spiro atoms. The van der Waals surface area contributed by atoms with E-state index in [1.165, 1.54) is 0 Å². The van der Waals surface area contributed by atoms with Crippen molar-refractivity contribution in [2.24, 2.45) is 0 Å². The summed E-state index contributed by atoms with van der Waals surface area (Å²) in [5.41, 5.74) is -1.09. The first-order chi connectivity index (χ1) is 10.1. The van der Waals surface area contributed by atoms with Gasteiger partial charge in [0.15, 0.2) is 0 Å². The van der Waals surface area contributed by atoms with Gasteiger partial charge >= 0.3 is 0 Å². The van der Waals surface area contributed by atoms with Crippen LogP contribution in [-0.2, 0) is 0 Å². The lowest BCUT2D eigenvalue weighted by Crippen LogP contribution is -2.11. The van der Waals surface area contributed by atoms with Crippen LogP contribution in [-0.4, -0.2) is 6.98 Å². The second-order valence-corrected chi connectivity index (χ2v) is 1.46. The van der Waals surface area contributed by atoms with Crippen LogP contribution in [0.4, 0.5) is 0 Å². The molecule has 1 aromatic carbocycles. The fraction of sp³-hybridized carbons (Fsp3) is 0.333. The molecule has 0 bridgehead atoms. The van der Waals surface area contributed by atoms with Crippen molar-refractivity contribution in [3.8, 4) is 0 Å². The highest BCUT2D eigenvalue weighted by molar-refractivity contribution is 5.17. The van der Waals surface area contributed by atoms with Gasteiger partial charge in [-0.2, -0.15) is 0 Å². The summed E-state index contributed by atoms with van der Waals surface area (Å²) >= 11 is 0. The first kappa shape index (κ1) is 1.25. The molecule has 0 aromatic heterocycles. The average molecular weight is 148 g/mol. The van der Waals surface area contributed by atoms with Gasteiger partial charge in [0, 0.05) is 14.2 Å². The van der Waals surface area contributed by atoms with E-state index in [4.69, 9.17) is 17.9 Å². The summed E-state index contributed by atoms with van der Waals surface area (Å²) in [6.07, 6.45) is 0. The minimum absolute atomic E-state index is 0.541. The number of benzene rings is 1. The molecule has 1 unspecified atom stereocenters. The zero-order valence-electron chi connectivity index (χ0n) is 17.9. The molecule has 0 fully saturated rings. The van der Waals surface area contributed by atoms with Gasteiger partial charge in [-0.15, -0.1) is 0 Å². The maximum absolute atomic E-state index is 8.07. The Bertz CT molecular complexity index is 588. The Morgan fingerprint density at radius 1 is 1.70 bits per heavy atom. The fourth-order valence-corrected chi connectivity index (χ4v) is 0.424. The van der Waals surface area contributed by atoms with Crippen molar-refractivity contribution in [2.45, 2.75) is 12.9 Å². The summed E-state index contributed by atoms with van der Waals surface area (Å²) < 4.78 is 97.3. The van der Waals surface area contributed by atoms with Crippen LogP contribution in [0.1, 0.15) is 34.9 Å². The van der Waals surface area contributed by atoms with Crippen LogP contribution in [0.15, 0.2) is 30.2 Å². The van der Waals surface area contributed by atoms with Crippen molar-refractivity contribution < 1.29 is 17.9 Å². The Kier molecular flexibility index (Phi) is 0.421. The van der Waals surface area contributed by atoms with E-state index in [1.807, 2.05) is 0 Å². The van der Waals surface area contributed by atoms with Crippen LogP contribution in [0.25, 0.3) is 0 Å². The fourth-order valence-electron chi connectivity index (χ4n) is 0.424. The average Bonchev–Trinajstić information content (AvgIpc) is 2.39. The summed E-state index contributed by atoms with van der Waals surface area (Å²) in [6.45, 7) is -6.84. The molecule has 0 aliphatic heterocycles. The van der Waals surface area contributed by atoms with E-state index in [0.717, 1.165) is 0 Å². The molecule has 0 aliphatic rings. The normalized spacial score (nSPS) is 37.9. The van der Waals surface area contributed by atoms with Gasteiger partial charge in [0.2, 0.25) is 0 Å². The van der Waals surface area contributed by atoms with Gasteiger partial charge in [0.25, 0.3) is 0 Å². The van der Waals surface area contributed by atoms with Gasteiger partial charge in [-0.25, -0.2) is 0 Å². The molecule has 10 heavy (non-hydrogen) atoms. The molecule has 0 amide bonds. The highest BCUT2D eigenvalue weighted by Crippen LogP contribution is 2.09. The smallest absolute Gasteiger partial charge is 0.122 e. The summed E-state index contributed by atoms with van der Waals surface area (Å²) in [5, 5.41) is -0.541. The lowest BCUT2D eigenvalue weighted by molar-refractivity contribution is 0.652. The van der Waals surface area contributed by atoms with Crippen LogP contribution in [0.5, 0.6) is 0 Å². The number of hydrogen-bond acceptors (Lipinski definition) is 1. The molecule has 1 aromatic rings. The van der Waals surface area contributed by atoms with Crippen molar-refractivity contribution in [1.29, 1.82) is 0 Å². The van der Waals surface area contributed by atoms with E-state index < -0.39 is 60.9 Å². The predicted octanol–water partition coefficient (Wildman–Crippen LogP) is 1.97. The molecule has 0 saturated heterocycles. The maximum Gasteiger partial charge on any atom is 0.122 e. The first-order valence-electron chi connectivity index (χ1n) is 8.89. The molecular weight excluding hydrogens is 122 g/mol. The SMILES string of the molecule is [2H]c1c([2H])c([2H])c(C([2H])(N([2H])C([2H])([2H])[2H])C([2H])([2H])[2H])c([2H])c1[2H]. The molecule has 54 valence electrons. The molecule has 0 heterocycles. The van der Waals surface area contributed by atoms with Crippen LogP contribution < -0.4 is 5.31 Å². The lowest BCUT2D eigenvalue weighted by atomic mass is 10.1. The van der Waals surface area contributed by atoms with Crippen LogP contribution in [0.2, 0.25) is 1.41 Å². The van der Waals surface area contributed by atoms with Gasteiger partial charge in [0.05, 0.1) is 8.22 Å². The summed E-state index contributed by atoms with van der Waals surface area (Å²) in [6, 6.07) is -8.11. The van der Waals surface area contributed by atoms with Gasteiger partial charge < -0.3 is 5.31 Å². The minimum Gasteiger partial charge on any atom is -0.313 e. The highest BCUT2D eigenvalue weighted by Gasteiger charge is 1.97. The summed E-state index contributed by atoms with van der Waals surface area (Å²) in [5.74, 6) is 0. The first-order valence-corrected chi connectivity index (χ1v) is 2.45. The Morgan fingerprint density at radius 3 is 3.10 bits per heavy atom. The molecule has 0 saturated carbocycles. The van der Waals surface area contributed by atoms with E-state index in [1.54, 1.807) is 0 Å². The van der Waals surface area contributed by atoms with Crippen LogP contribution in [0.3, 0.4) is 0 Å². The number of hydrogen-bond donors (Lipinski definition) is 1. The van der Waals surface area contributed by atoms with Crippen molar-refractivity contribution in [2.75, 3.05) is 6.98 Å². The molecule has 1 rings (SSSR count). The van der Waals surface area contributed by atoms with Gasteiger partial charge in [0.1, 0.15) is 1.41 Å². The van der Waals surface area contributed by atoms with Crippen molar-refractivity contribution in [1.82, 2.24) is 5.31 Å².